The van der Waals surface area contributed by atoms with E-state index in [1.54, 1.807) is 0 Å². The number of nitrogen functional groups attached to an aromatic ring is 4. The van der Waals surface area contributed by atoms with Gasteiger partial charge < -0.3 is 22.9 Å². The normalized spacial score (nSPS) is 13.0. The Hall–Kier alpha value is -7.04. The second-order valence-electron chi connectivity index (χ2n) is 14.3. The molecule has 0 aliphatic heterocycles. The van der Waals surface area contributed by atoms with Crippen molar-refractivity contribution in [3.8, 4) is 66.8 Å². The minimum absolute atomic E-state index is 0.614. The van der Waals surface area contributed by atoms with E-state index in [0.29, 0.717) is 0 Å². The topological polar surface area (TPSA) is 104 Å². The number of anilines is 4. The maximum Gasteiger partial charge on any atom is 0.0726 e. The fraction of sp³-hybridized carbons (Fsp3) is 0.0204. The Labute approximate surface area is 309 Å². The molecule has 0 radical (unpaired) electrons. The van der Waals surface area contributed by atoms with Crippen LogP contribution < -0.4 is 22.9 Å². The summed E-state index contributed by atoms with van der Waals surface area (Å²) in [6, 6.07) is 60.5. The van der Waals surface area contributed by atoms with E-state index in [1.807, 2.05) is 48.5 Å². The highest BCUT2D eigenvalue weighted by molar-refractivity contribution is 5.98. The van der Waals surface area contributed by atoms with Gasteiger partial charge in [-0.1, -0.05) is 97.1 Å². The van der Waals surface area contributed by atoms with Crippen LogP contribution in [-0.4, -0.2) is 0 Å². The highest BCUT2D eigenvalue weighted by atomic mass is 14.6. The molecule has 8 aromatic rings. The lowest BCUT2D eigenvalue weighted by Crippen LogP contribution is -2.26. The highest BCUT2D eigenvalue weighted by Gasteiger charge is 2.52. The summed E-state index contributed by atoms with van der Waals surface area (Å²) in [7, 11) is 0. The molecular weight excluding hydrogens is 645 g/mol. The molecule has 53 heavy (non-hydrogen) atoms. The summed E-state index contributed by atoms with van der Waals surface area (Å²) >= 11 is 0. The first-order valence-corrected chi connectivity index (χ1v) is 17.9. The number of benzene rings is 8. The third-order valence-corrected chi connectivity index (χ3v) is 11.3. The molecular formula is C49H36N4. The van der Waals surface area contributed by atoms with Crippen LogP contribution in [0.3, 0.4) is 0 Å². The number of hydrogen-bond acceptors (Lipinski definition) is 4. The Morgan fingerprint density at radius 1 is 0.226 bits per heavy atom. The van der Waals surface area contributed by atoms with E-state index in [4.69, 9.17) is 22.9 Å². The lowest BCUT2D eigenvalue weighted by atomic mass is 9.69. The summed E-state index contributed by atoms with van der Waals surface area (Å²) in [6.45, 7) is 0. The zero-order valence-corrected chi connectivity index (χ0v) is 29.0. The van der Waals surface area contributed by atoms with Gasteiger partial charge >= 0.3 is 0 Å². The molecule has 0 aromatic heterocycles. The second kappa shape index (κ2) is 11.5. The van der Waals surface area contributed by atoms with Crippen molar-refractivity contribution in [3.63, 3.8) is 0 Å². The monoisotopic (exact) mass is 680 g/mol. The molecule has 252 valence electrons. The maximum absolute atomic E-state index is 6.14. The van der Waals surface area contributed by atoms with Crippen molar-refractivity contribution < 1.29 is 0 Å². The summed E-state index contributed by atoms with van der Waals surface area (Å²) in [5, 5.41) is 0. The van der Waals surface area contributed by atoms with Gasteiger partial charge in [0.05, 0.1) is 5.41 Å². The van der Waals surface area contributed by atoms with E-state index in [9.17, 15) is 0 Å². The van der Waals surface area contributed by atoms with Gasteiger partial charge in [0.2, 0.25) is 0 Å². The molecule has 10 rings (SSSR count). The van der Waals surface area contributed by atoms with Crippen LogP contribution in [0.25, 0.3) is 66.8 Å². The third-order valence-electron chi connectivity index (χ3n) is 11.3. The van der Waals surface area contributed by atoms with E-state index < -0.39 is 5.41 Å². The molecule has 4 heteroatoms. The molecule has 8 aromatic carbocycles. The van der Waals surface area contributed by atoms with Crippen molar-refractivity contribution in [3.05, 3.63) is 192 Å². The molecule has 4 nitrogen and oxygen atoms in total. The molecule has 0 atom stereocenters. The maximum atomic E-state index is 6.14. The highest BCUT2D eigenvalue weighted by Crippen LogP contribution is 2.64. The Morgan fingerprint density at radius 3 is 0.623 bits per heavy atom. The van der Waals surface area contributed by atoms with Crippen LogP contribution in [0.2, 0.25) is 0 Å². The van der Waals surface area contributed by atoms with Gasteiger partial charge in [-0.05, 0) is 162 Å². The summed E-state index contributed by atoms with van der Waals surface area (Å²) in [5.41, 5.74) is 46.0. The van der Waals surface area contributed by atoms with Crippen molar-refractivity contribution in [1.29, 1.82) is 0 Å². The van der Waals surface area contributed by atoms with Gasteiger partial charge in [0.1, 0.15) is 0 Å². The Morgan fingerprint density at radius 2 is 0.415 bits per heavy atom. The first-order chi connectivity index (χ1) is 25.9. The molecule has 2 aliphatic carbocycles. The Kier molecular flexibility index (Phi) is 6.67. The smallest absolute Gasteiger partial charge is 0.0726 e. The standard InChI is InChI=1S/C49H36N4/c50-37-13-1-29(2-14-37)33-9-21-41-42-22-10-34(30-3-15-38(51)16-4-30)26-46(42)49(45(41)25-33)47-27-35(31-5-17-39(52)18-6-31)11-23-43(47)44-24-12-36(28-48(44)49)32-7-19-40(53)20-8-32/h1-28H,50-53H2. The van der Waals surface area contributed by atoms with Crippen molar-refractivity contribution in [2.45, 2.75) is 5.41 Å². The van der Waals surface area contributed by atoms with Crippen LogP contribution in [0.1, 0.15) is 22.3 Å². The first-order valence-electron chi connectivity index (χ1n) is 17.9. The van der Waals surface area contributed by atoms with Gasteiger partial charge in [-0.3, -0.25) is 0 Å². The van der Waals surface area contributed by atoms with E-state index in [-0.39, 0.29) is 0 Å². The summed E-state index contributed by atoms with van der Waals surface area (Å²) in [6.07, 6.45) is 0. The average molecular weight is 681 g/mol. The molecule has 0 heterocycles. The summed E-state index contributed by atoms with van der Waals surface area (Å²) < 4.78 is 0. The van der Waals surface area contributed by atoms with E-state index in [2.05, 4.69) is 121 Å². The predicted molar refractivity (Wildman–Crippen MR) is 222 cm³/mol. The van der Waals surface area contributed by atoms with Crippen molar-refractivity contribution in [2.24, 2.45) is 0 Å². The minimum atomic E-state index is -0.614. The number of fused-ring (bicyclic) bond motifs is 10. The van der Waals surface area contributed by atoms with Gasteiger partial charge in [-0.25, -0.2) is 0 Å². The predicted octanol–water partition coefficient (Wildman–Crippen LogP) is 11.0. The molecule has 0 bridgehead atoms. The van der Waals surface area contributed by atoms with Crippen LogP contribution >= 0.6 is 0 Å². The molecule has 0 unspecified atom stereocenters. The fourth-order valence-corrected chi connectivity index (χ4v) is 8.65. The van der Waals surface area contributed by atoms with Crippen LogP contribution in [0.15, 0.2) is 170 Å². The molecule has 0 saturated heterocycles. The number of nitrogens with two attached hydrogens (primary N) is 4. The number of hydrogen-bond donors (Lipinski definition) is 4. The zero-order chi connectivity index (χ0) is 35.8. The second-order valence-corrected chi connectivity index (χ2v) is 14.3. The van der Waals surface area contributed by atoms with Gasteiger partial charge in [-0.15, -0.1) is 0 Å². The van der Waals surface area contributed by atoms with E-state index >= 15 is 0 Å². The first kappa shape index (κ1) is 30.8. The van der Waals surface area contributed by atoms with Crippen LogP contribution in [-0.2, 0) is 5.41 Å². The Bertz CT molecular complexity index is 2340. The molecule has 0 amide bonds. The number of rotatable bonds is 4. The lowest BCUT2D eigenvalue weighted by Gasteiger charge is -2.32. The minimum Gasteiger partial charge on any atom is -0.399 e. The largest absolute Gasteiger partial charge is 0.399 e. The summed E-state index contributed by atoms with van der Waals surface area (Å²) in [5.74, 6) is 0. The Balaban J connectivity index is 1.31. The summed E-state index contributed by atoms with van der Waals surface area (Å²) in [4.78, 5) is 0. The SMILES string of the molecule is Nc1ccc(-c2ccc3c(c2)C2(c4cc(-c5ccc(N)cc5)ccc4-3)c3cc(-c4ccc(N)cc4)ccc3-c3ccc(-c4ccc(N)cc4)cc32)cc1. The molecule has 0 fully saturated rings. The lowest BCUT2D eigenvalue weighted by molar-refractivity contribution is 0.795. The quantitative estimate of drug-likeness (QED) is 0.139. The van der Waals surface area contributed by atoms with E-state index in [1.165, 1.54) is 44.5 Å². The van der Waals surface area contributed by atoms with Gasteiger partial charge in [-0.2, -0.15) is 0 Å². The van der Waals surface area contributed by atoms with E-state index in [0.717, 1.165) is 67.3 Å². The van der Waals surface area contributed by atoms with Gasteiger partial charge in [0.15, 0.2) is 0 Å². The zero-order valence-electron chi connectivity index (χ0n) is 29.0. The molecule has 0 saturated carbocycles. The van der Waals surface area contributed by atoms with Gasteiger partial charge in [0.25, 0.3) is 0 Å². The molecule has 2 aliphatic rings. The molecule has 8 N–H and O–H groups in total. The average Bonchev–Trinajstić information content (AvgIpc) is 3.64. The molecule has 1 spiro atoms. The van der Waals surface area contributed by atoms with Crippen molar-refractivity contribution >= 4 is 22.7 Å². The van der Waals surface area contributed by atoms with Crippen LogP contribution in [0, 0.1) is 0 Å². The van der Waals surface area contributed by atoms with Crippen LogP contribution in [0.4, 0.5) is 22.7 Å². The van der Waals surface area contributed by atoms with Crippen LogP contribution in [0.5, 0.6) is 0 Å². The van der Waals surface area contributed by atoms with Crippen molar-refractivity contribution in [2.75, 3.05) is 22.9 Å². The third kappa shape index (κ3) is 4.69. The fourth-order valence-electron chi connectivity index (χ4n) is 8.65. The van der Waals surface area contributed by atoms with Crippen molar-refractivity contribution in [1.82, 2.24) is 0 Å². The van der Waals surface area contributed by atoms with Gasteiger partial charge in [0, 0.05) is 22.7 Å².